The number of allylic oxidation sites excluding steroid dienone is 8. The standard InChI is InChI=1S/C22H30O4/c1-15(8-7-9-16(2)12-13-23)10-11-19-17(3)20(25)14-21(22(19,5)6)26-18(4)24/h7-12,21,23H,13-14H2,1-6H3/b9-7+,11-10+,15-8+,16-12+. The van der Waals surface area contributed by atoms with Crippen molar-refractivity contribution in [2.45, 2.75) is 54.1 Å². The molecule has 0 saturated heterocycles. The highest BCUT2D eigenvalue weighted by molar-refractivity contribution is 5.98. The molecule has 0 aromatic rings. The van der Waals surface area contributed by atoms with Crippen LogP contribution >= 0.6 is 0 Å². The van der Waals surface area contributed by atoms with Crippen LogP contribution < -0.4 is 0 Å². The maximum atomic E-state index is 12.3. The van der Waals surface area contributed by atoms with E-state index in [4.69, 9.17) is 9.84 Å². The Bertz CT molecular complexity index is 700. The summed E-state index contributed by atoms with van der Waals surface area (Å²) in [4.78, 5) is 23.7. The molecule has 0 spiro atoms. The van der Waals surface area contributed by atoms with Gasteiger partial charge in [-0.2, -0.15) is 0 Å². The predicted octanol–water partition coefficient (Wildman–Crippen LogP) is 4.23. The molecule has 4 nitrogen and oxygen atoms in total. The van der Waals surface area contributed by atoms with E-state index < -0.39 is 11.5 Å². The molecule has 0 aromatic carbocycles. The molecule has 1 aliphatic carbocycles. The predicted molar refractivity (Wildman–Crippen MR) is 105 cm³/mol. The smallest absolute Gasteiger partial charge is 0.302 e. The van der Waals surface area contributed by atoms with Crippen LogP contribution in [0.5, 0.6) is 0 Å². The molecule has 1 rings (SSSR count). The van der Waals surface area contributed by atoms with Crippen LogP contribution in [0.1, 0.15) is 48.0 Å². The first kappa shape index (κ1) is 21.8. The van der Waals surface area contributed by atoms with E-state index in [-0.39, 0.29) is 24.8 Å². The van der Waals surface area contributed by atoms with Gasteiger partial charge in [0.15, 0.2) is 5.78 Å². The first-order valence-electron chi connectivity index (χ1n) is 8.82. The van der Waals surface area contributed by atoms with Gasteiger partial charge in [-0.1, -0.05) is 61.4 Å². The highest BCUT2D eigenvalue weighted by Crippen LogP contribution is 2.41. The zero-order valence-corrected chi connectivity index (χ0v) is 16.6. The molecule has 1 atom stereocenters. The van der Waals surface area contributed by atoms with Gasteiger partial charge < -0.3 is 9.84 Å². The number of aliphatic hydroxyl groups excluding tert-OH is 1. The molecule has 1 N–H and O–H groups in total. The molecule has 4 heteroatoms. The number of Topliss-reactive ketones (excluding diaryl/α,β-unsaturated/α-hetero) is 1. The average molecular weight is 358 g/mol. The molecule has 0 aromatic heterocycles. The number of carbonyl (C=O) groups is 2. The zero-order chi connectivity index (χ0) is 19.9. The quantitative estimate of drug-likeness (QED) is 0.570. The van der Waals surface area contributed by atoms with Crippen molar-refractivity contribution in [3.63, 3.8) is 0 Å². The Morgan fingerprint density at radius 3 is 2.46 bits per heavy atom. The van der Waals surface area contributed by atoms with Crippen LogP contribution in [-0.4, -0.2) is 29.6 Å². The fourth-order valence-electron chi connectivity index (χ4n) is 2.95. The van der Waals surface area contributed by atoms with E-state index >= 15 is 0 Å². The largest absolute Gasteiger partial charge is 0.461 e. The minimum absolute atomic E-state index is 0.0153. The van der Waals surface area contributed by atoms with Crippen molar-refractivity contribution in [2.75, 3.05) is 6.61 Å². The molecule has 1 unspecified atom stereocenters. The fraction of sp³-hybridized carbons (Fsp3) is 0.455. The van der Waals surface area contributed by atoms with Gasteiger partial charge >= 0.3 is 5.97 Å². The van der Waals surface area contributed by atoms with E-state index in [9.17, 15) is 9.59 Å². The van der Waals surface area contributed by atoms with Gasteiger partial charge in [-0.3, -0.25) is 9.59 Å². The van der Waals surface area contributed by atoms with Crippen molar-refractivity contribution < 1.29 is 19.4 Å². The highest BCUT2D eigenvalue weighted by atomic mass is 16.5. The van der Waals surface area contributed by atoms with Gasteiger partial charge in [-0.05, 0) is 31.9 Å². The van der Waals surface area contributed by atoms with Crippen molar-refractivity contribution in [2.24, 2.45) is 5.41 Å². The van der Waals surface area contributed by atoms with Gasteiger partial charge in [0, 0.05) is 18.8 Å². The van der Waals surface area contributed by atoms with E-state index in [0.717, 1.165) is 22.3 Å². The third-order valence-corrected chi connectivity index (χ3v) is 4.64. The lowest BCUT2D eigenvalue weighted by Crippen LogP contribution is -2.41. The Morgan fingerprint density at radius 2 is 1.88 bits per heavy atom. The first-order chi connectivity index (χ1) is 12.1. The Balaban J connectivity index is 3.05. The van der Waals surface area contributed by atoms with E-state index in [1.165, 1.54) is 6.92 Å². The molecule has 0 saturated carbocycles. The van der Waals surface area contributed by atoms with E-state index in [1.54, 1.807) is 6.08 Å². The zero-order valence-electron chi connectivity index (χ0n) is 16.6. The van der Waals surface area contributed by atoms with Crippen LogP contribution in [-0.2, 0) is 14.3 Å². The normalized spacial score (nSPS) is 21.8. The Kier molecular flexibility index (Phi) is 7.97. The maximum Gasteiger partial charge on any atom is 0.302 e. The van der Waals surface area contributed by atoms with E-state index in [1.807, 2.05) is 65.0 Å². The van der Waals surface area contributed by atoms with Crippen LogP contribution in [0.4, 0.5) is 0 Å². The molecule has 0 amide bonds. The number of carbonyl (C=O) groups excluding carboxylic acids is 2. The minimum Gasteiger partial charge on any atom is -0.461 e. The van der Waals surface area contributed by atoms with E-state index in [0.29, 0.717) is 0 Å². The summed E-state index contributed by atoms with van der Waals surface area (Å²) in [6, 6.07) is 0. The second kappa shape index (κ2) is 9.48. The highest BCUT2D eigenvalue weighted by Gasteiger charge is 2.41. The first-order valence-corrected chi connectivity index (χ1v) is 8.82. The topological polar surface area (TPSA) is 63.6 Å². The number of ketones is 1. The van der Waals surface area contributed by atoms with Gasteiger partial charge in [-0.25, -0.2) is 0 Å². The third kappa shape index (κ3) is 5.95. The number of esters is 1. The molecule has 0 radical (unpaired) electrons. The number of ether oxygens (including phenoxy) is 1. The van der Waals surface area contributed by atoms with Crippen LogP contribution in [0, 0.1) is 5.41 Å². The van der Waals surface area contributed by atoms with Crippen molar-refractivity contribution in [3.05, 3.63) is 58.7 Å². The van der Waals surface area contributed by atoms with Crippen LogP contribution in [0.3, 0.4) is 0 Å². The van der Waals surface area contributed by atoms with Gasteiger partial charge in [0.05, 0.1) is 6.61 Å². The second-order valence-corrected chi connectivity index (χ2v) is 7.22. The number of hydrogen-bond acceptors (Lipinski definition) is 4. The third-order valence-electron chi connectivity index (χ3n) is 4.64. The van der Waals surface area contributed by atoms with Crippen molar-refractivity contribution >= 4 is 11.8 Å². The van der Waals surface area contributed by atoms with Crippen LogP contribution in [0.25, 0.3) is 0 Å². The van der Waals surface area contributed by atoms with Crippen molar-refractivity contribution in [1.82, 2.24) is 0 Å². The second-order valence-electron chi connectivity index (χ2n) is 7.22. The molecule has 26 heavy (non-hydrogen) atoms. The van der Waals surface area contributed by atoms with E-state index in [2.05, 4.69) is 0 Å². The summed E-state index contributed by atoms with van der Waals surface area (Å²) in [7, 11) is 0. The summed E-state index contributed by atoms with van der Waals surface area (Å²) in [6.45, 7) is 11.1. The molecule has 0 heterocycles. The van der Waals surface area contributed by atoms with Crippen LogP contribution in [0.15, 0.2) is 58.7 Å². The van der Waals surface area contributed by atoms with Gasteiger partial charge in [0.2, 0.25) is 0 Å². The monoisotopic (exact) mass is 358 g/mol. The SMILES string of the molecule is CC(=O)OC1CC(=O)C(C)=C(/C=C/C(C)=C/C=C/C(C)=C/CO)C1(C)C. The Labute approximate surface area is 156 Å². The summed E-state index contributed by atoms with van der Waals surface area (Å²) in [6.07, 6.45) is 11.2. The van der Waals surface area contributed by atoms with Crippen molar-refractivity contribution in [3.8, 4) is 0 Å². The van der Waals surface area contributed by atoms with Gasteiger partial charge in [0.25, 0.3) is 0 Å². The number of hydrogen-bond donors (Lipinski definition) is 1. The lowest BCUT2D eigenvalue weighted by atomic mass is 9.70. The molecule has 0 bridgehead atoms. The molecule has 0 fully saturated rings. The summed E-state index contributed by atoms with van der Waals surface area (Å²) in [5.41, 5.74) is 3.20. The summed E-state index contributed by atoms with van der Waals surface area (Å²) >= 11 is 0. The molecule has 1 aliphatic rings. The van der Waals surface area contributed by atoms with Gasteiger partial charge in [-0.15, -0.1) is 0 Å². The lowest BCUT2D eigenvalue weighted by Gasteiger charge is -2.39. The molecule has 0 aliphatic heterocycles. The van der Waals surface area contributed by atoms with Gasteiger partial charge in [0.1, 0.15) is 6.10 Å². The van der Waals surface area contributed by atoms with Crippen LogP contribution in [0.2, 0.25) is 0 Å². The molecular formula is C22H30O4. The number of rotatable bonds is 6. The maximum absolute atomic E-state index is 12.3. The lowest BCUT2D eigenvalue weighted by molar-refractivity contribution is -0.153. The summed E-state index contributed by atoms with van der Waals surface area (Å²) in [5.74, 6) is -0.354. The summed E-state index contributed by atoms with van der Waals surface area (Å²) < 4.78 is 5.40. The minimum atomic E-state index is -0.452. The molecular weight excluding hydrogens is 328 g/mol. The Hall–Kier alpha value is -2.20. The molecule has 142 valence electrons. The summed E-state index contributed by atoms with van der Waals surface area (Å²) in [5, 5.41) is 8.84. The average Bonchev–Trinajstić information content (AvgIpc) is 2.52. The Morgan fingerprint density at radius 1 is 1.23 bits per heavy atom. The number of aliphatic hydroxyl groups is 1. The van der Waals surface area contributed by atoms with Crippen molar-refractivity contribution in [1.29, 1.82) is 0 Å². The fourth-order valence-corrected chi connectivity index (χ4v) is 2.95.